The fourth-order valence-corrected chi connectivity index (χ4v) is 4.82. The molecule has 0 fully saturated rings. The summed E-state index contributed by atoms with van der Waals surface area (Å²) >= 11 is 6.23. The third kappa shape index (κ3) is 12.8. The van der Waals surface area contributed by atoms with Gasteiger partial charge in [0.25, 0.3) is 0 Å². The molecule has 2 heterocycles. The van der Waals surface area contributed by atoms with Crippen LogP contribution in [-0.2, 0) is 57.2 Å². The second kappa shape index (κ2) is 19.2. The van der Waals surface area contributed by atoms with Gasteiger partial charge in [-0.1, -0.05) is 4.99 Å². The van der Waals surface area contributed by atoms with Crippen LogP contribution in [0.4, 0.5) is 5.69 Å². The maximum atomic E-state index is 11.9. The molecule has 0 aliphatic carbocycles. The topological polar surface area (TPSA) is 217 Å². The predicted molar refractivity (Wildman–Crippen MR) is 160 cm³/mol. The molecule has 7 N–H and O–H groups in total. The molecule has 1 aliphatic rings. The van der Waals surface area contributed by atoms with Crippen molar-refractivity contribution in [2.45, 2.75) is 43.3 Å². The zero-order valence-electron chi connectivity index (χ0n) is 23.4. The van der Waals surface area contributed by atoms with Gasteiger partial charge in [0.2, 0.25) is 0 Å². The molecule has 1 aromatic heterocycles. The number of nitrogens with one attached hydrogen (secondary N) is 2. The second-order valence-electron chi connectivity index (χ2n) is 9.29. The minimum Gasteiger partial charge on any atom is -0.480 e. The molecule has 0 amide bonds. The van der Waals surface area contributed by atoms with Crippen LogP contribution in [-0.4, -0.2) is 102 Å². The summed E-state index contributed by atoms with van der Waals surface area (Å²) in [5.41, 5.74) is 0.639. The summed E-state index contributed by atoms with van der Waals surface area (Å²) in [5.74, 6) is 2.88. The molecule has 16 nitrogen and oxygen atoms in total. The number of rotatable bonds is 19. The number of aliphatic carboxylic acids is 3. The van der Waals surface area contributed by atoms with Crippen LogP contribution in [0.25, 0.3) is 0 Å². The molecule has 1 atom stereocenters. The van der Waals surface area contributed by atoms with Crippen LogP contribution in [0.15, 0.2) is 46.5 Å². The normalized spacial score (nSPS) is 13.0. The second-order valence-corrected chi connectivity index (χ2v) is 10.5. The van der Waals surface area contributed by atoms with Crippen LogP contribution in [0.5, 0.6) is 0 Å². The number of nitrogens with zero attached hydrogens (tertiary/aromatic N) is 5. The Balaban J connectivity index is 0.00000675. The third-order valence-electron chi connectivity index (χ3n) is 6.15. The van der Waals surface area contributed by atoms with Crippen molar-refractivity contribution in [3.63, 3.8) is 0 Å². The first-order valence-corrected chi connectivity index (χ1v) is 14.2. The zero-order valence-corrected chi connectivity index (χ0v) is 27.7. The molecule has 1 unspecified atom stereocenters. The average Bonchev–Trinajstić information content (AvgIpc) is 3.57. The molecule has 1 aliphatic heterocycles. The van der Waals surface area contributed by atoms with Gasteiger partial charge >= 0.3 is 23.7 Å². The summed E-state index contributed by atoms with van der Waals surface area (Å²) in [5, 5.41) is 34.1. The van der Waals surface area contributed by atoms with Crippen LogP contribution in [0.1, 0.15) is 25.1 Å². The van der Waals surface area contributed by atoms with Crippen molar-refractivity contribution >= 4 is 65.0 Å². The van der Waals surface area contributed by atoms with Crippen molar-refractivity contribution in [3.05, 3.63) is 42.5 Å². The first-order valence-electron chi connectivity index (χ1n) is 13.0. The number of benzene rings is 1. The van der Waals surface area contributed by atoms with Crippen LogP contribution in [0.2, 0.25) is 0 Å². The van der Waals surface area contributed by atoms with E-state index in [4.69, 9.17) is 18.1 Å². The number of thiocarbonyl (C=S) groups is 1. The van der Waals surface area contributed by atoms with Gasteiger partial charge in [0.05, 0.1) is 18.6 Å². The van der Waals surface area contributed by atoms with E-state index in [0.717, 1.165) is 16.9 Å². The molecule has 3 rings (SSSR count). The summed E-state index contributed by atoms with van der Waals surface area (Å²) in [6.45, 7) is 0.992. The van der Waals surface area contributed by atoms with Crippen LogP contribution in [0, 0.1) is 0 Å². The molecule has 44 heavy (non-hydrogen) atoms. The zero-order chi connectivity index (χ0) is 31.2. The molecule has 19 heteroatoms. The number of carbonyl (C=O) groups is 3. The van der Waals surface area contributed by atoms with Crippen LogP contribution >= 0.6 is 24.3 Å². The fraction of sp³-hybridized carbons (Fsp3) is 0.400. The number of hydrogen-bond donors (Lipinski definition) is 6. The number of hydrogen-bond acceptors (Lipinski definition) is 11. The van der Waals surface area contributed by atoms with Crippen molar-refractivity contribution in [3.8, 4) is 0 Å². The number of anilines is 1. The summed E-state index contributed by atoms with van der Waals surface area (Å²) in [6.07, 6.45) is 6.20. The van der Waals surface area contributed by atoms with Gasteiger partial charge in [-0.2, -0.15) is 5.90 Å². The summed E-state index contributed by atoms with van der Waals surface area (Å²) in [6, 6.07) is 5.99. The van der Waals surface area contributed by atoms with E-state index in [1.807, 2.05) is 4.90 Å². The van der Waals surface area contributed by atoms with E-state index in [2.05, 4.69) is 29.9 Å². The predicted octanol–water partition coefficient (Wildman–Crippen LogP) is 0.786. The molecule has 0 saturated carbocycles. The summed E-state index contributed by atoms with van der Waals surface area (Å²) in [7, 11) is 0. The third-order valence-corrected chi connectivity index (χ3v) is 6.98. The first kappa shape index (κ1) is 36.9. The maximum Gasteiger partial charge on any atom is 0.346 e. The minimum absolute atomic E-state index is 0. The Morgan fingerprint density at radius 3 is 2.57 bits per heavy atom. The molecule has 2 aromatic rings. The van der Waals surface area contributed by atoms with Crippen molar-refractivity contribution in [2.24, 2.45) is 10.9 Å². The van der Waals surface area contributed by atoms with Gasteiger partial charge in [-0.25, -0.2) is 19.1 Å². The van der Waals surface area contributed by atoms with E-state index in [0.29, 0.717) is 49.8 Å². The fourth-order valence-electron chi connectivity index (χ4n) is 4.20. The SMILES string of the molecule is NOOSc1ccc(NC(=S)NC(CCCCN(CC2=NCC=[N+]2CC(=O)O)Cc2nccn2CC(=O)O)C(=O)O)cc1.[Re]. The largest absolute Gasteiger partial charge is 0.480 e. The number of amidine groups is 1. The van der Waals surface area contributed by atoms with E-state index < -0.39 is 23.9 Å². The Labute approximate surface area is 276 Å². The monoisotopic (exact) mass is 824 g/mol. The van der Waals surface area contributed by atoms with Crippen molar-refractivity contribution < 1.29 is 64.0 Å². The molecule has 239 valence electrons. The molecule has 0 spiro atoms. The van der Waals surface area contributed by atoms with Crippen LogP contribution in [0.3, 0.4) is 0 Å². The molecule has 0 bridgehead atoms. The van der Waals surface area contributed by atoms with E-state index in [9.17, 15) is 29.7 Å². The standard InChI is InChI=1S/C25H32N8O8S2.Re/c26-40-41-43-18-6-4-17(5-7-18)29-25(42)30-19(24(38)39)3-1-2-10-31(13-20-27-8-11-32(20)15-22(34)35)14-21-28-9-12-33(21)16-23(36)37;/h4-8,11-12,19H,1-3,9-10,13-16,26H2,(H4-,29,30,34,35,36,37,38,39,42);/p+1. The Morgan fingerprint density at radius 2 is 1.91 bits per heavy atom. The van der Waals surface area contributed by atoms with E-state index in [1.54, 1.807) is 41.3 Å². The number of unbranched alkanes of at least 4 members (excludes halogenated alkanes) is 1. The van der Waals surface area contributed by atoms with Gasteiger partial charge in [0, 0.05) is 43.4 Å². The van der Waals surface area contributed by atoms with Gasteiger partial charge in [-0.15, -0.1) is 9.32 Å². The molecule has 0 saturated heterocycles. The Kier molecular flexibility index (Phi) is 16.1. The van der Waals surface area contributed by atoms with E-state index >= 15 is 0 Å². The number of aromatic nitrogens is 2. The first-order chi connectivity index (χ1) is 20.6. The smallest absolute Gasteiger partial charge is 0.346 e. The van der Waals surface area contributed by atoms with Gasteiger partial charge in [-0.3, -0.25) is 9.69 Å². The van der Waals surface area contributed by atoms with Crippen molar-refractivity contribution in [1.29, 1.82) is 0 Å². The molecule has 1 aromatic carbocycles. The molecular weight excluding hydrogens is 791 g/mol. The Bertz CT molecular complexity index is 1340. The van der Waals surface area contributed by atoms with E-state index in [1.165, 1.54) is 10.8 Å². The number of aliphatic imine (C=N–C) groups is 1. The number of nitrogens with two attached hydrogens (primary N) is 1. The Hall–Kier alpha value is -3.28. The van der Waals surface area contributed by atoms with Gasteiger partial charge in [0.15, 0.2) is 18.2 Å². The molecular formula is C25H33N8O8ReS2+. The number of carboxylic acid groups (broad SMARTS) is 3. The van der Waals surface area contributed by atoms with Gasteiger partial charge in [-0.05, 0) is 62.3 Å². The van der Waals surface area contributed by atoms with E-state index in [-0.39, 0.29) is 51.6 Å². The average molecular weight is 824 g/mol. The number of carboxylic acids is 3. The minimum atomic E-state index is -1.05. The Morgan fingerprint density at radius 1 is 1.16 bits per heavy atom. The van der Waals surface area contributed by atoms with Crippen LogP contribution < -0.4 is 16.5 Å². The maximum absolute atomic E-state index is 11.9. The summed E-state index contributed by atoms with van der Waals surface area (Å²) < 4.78 is 7.69. The van der Waals surface area contributed by atoms with Gasteiger partial charge < -0.3 is 30.5 Å². The summed E-state index contributed by atoms with van der Waals surface area (Å²) in [4.78, 5) is 49.9. The van der Waals surface area contributed by atoms with Crippen molar-refractivity contribution in [2.75, 3.05) is 31.5 Å². The van der Waals surface area contributed by atoms with Crippen molar-refractivity contribution in [1.82, 2.24) is 19.8 Å². The quantitative estimate of drug-likeness (QED) is 0.0289. The number of imidazole rings is 1. The molecule has 1 radical (unpaired) electrons. The van der Waals surface area contributed by atoms with Gasteiger partial charge in [0.1, 0.15) is 31.2 Å².